The second kappa shape index (κ2) is 7.76. The number of likely N-dealkylation sites (tertiary alicyclic amines) is 1. The van der Waals surface area contributed by atoms with E-state index in [0.29, 0.717) is 11.8 Å². The molecule has 1 aliphatic carbocycles. The molecule has 1 saturated carbocycles. The van der Waals surface area contributed by atoms with Gasteiger partial charge in [-0.05, 0) is 61.0 Å². The Morgan fingerprint density at radius 3 is 2.56 bits per heavy atom. The number of nitrogens with zero attached hydrogens (tertiary/aromatic N) is 1. The molecule has 4 heteroatoms. The molecule has 2 aromatic rings. The van der Waals surface area contributed by atoms with Crippen LogP contribution in [-0.4, -0.2) is 37.5 Å². The maximum atomic E-state index is 12.8. The summed E-state index contributed by atoms with van der Waals surface area (Å²) in [7, 11) is 2.01. The van der Waals surface area contributed by atoms with E-state index in [2.05, 4.69) is 52.7 Å². The molecule has 2 unspecified atom stereocenters. The molecule has 2 atom stereocenters. The van der Waals surface area contributed by atoms with Crippen LogP contribution in [-0.2, 0) is 4.79 Å². The summed E-state index contributed by atoms with van der Waals surface area (Å²) in [6.45, 7) is 2.95. The Morgan fingerprint density at radius 1 is 1.12 bits per heavy atom. The summed E-state index contributed by atoms with van der Waals surface area (Å²) >= 11 is 0. The quantitative estimate of drug-likeness (QED) is 0.901. The van der Waals surface area contributed by atoms with Crippen molar-refractivity contribution in [2.45, 2.75) is 25.2 Å². The molecule has 0 spiro atoms. The van der Waals surface area contributed by atoms with Crippen LogP contribution in [0.15, 0.2) is 42.5 Å². The second-order valence-electron chi connectivity index (χ2n) is 7.38. The maximum Gasteiger partial charge on any atom is 0.226 e. The number of fused-ring (bicyclic) bond motifs is 1. The minimum absolute atomic E-state index is 0. The van der Waals surface area contributed by atoms with E-state index in [1.165, 1.54) is 16.3 Å². The Kier molecular flexibility index (Phi) is 5.65. The van der Waals surface area contributed by atoms with Crippen molar-refractivity contribution < 1.29 is 4.79 Å². The number of hydrogen-bond acceptors (Lipinski definition) is 2. The molecule has 134 valence electrons. The lowest BCUT2D eigenvalue weighted by molar-refractivity contribution is -0.134. The van der Waals surface area contributed by atoms with Crippen molar-refractivity contribution in [1.82, 2.24) is 10.2 Å². The smallest absolute Gasteiger partial charge is 0.226 e. The van der Waals surface area contributed by atoms with Crippen LogP contribution in [0.4, 0.5) is 0 Å². The summed E-state index contributed by atoms with van der Waals surface area (Å²) in [6.07, 6.45) is 3.30. The van der Waals surface area contributed by atoms with Gasteiger partial charge in [-0.3, -0.25) is 4.79 Å². The number of rotatable bonds is 4. The van der Waals surface area contributed by atoms with Crippen molar-refractivity contribution in [2.24, 2.45) is 11.8 Å². The second-order valence-corrected chi connectivity index (χ2v) is 7.38. The number of nitrogens with one attached hydrogen (secondary N) is 1. The van der Waals surface area contributed by atoms with E-state index in [-0.39, 0.29) is 18.3 Å². The molecule has 1 heterocycles. The first-order valence-electron chi connectivity index (χ1n) is 9.18. The zero-order chi connectivity index (χ0) is 16.5. The normalized spacial score (nSPS) is 23.3. The SMILES string of the molecule is CNCC1CCN(C(=O)C2CC2c2ccc3ccccc3c2)CC1.Cl. The lowest BCUT2D eigenvalue weighted by atomic mass is 9.96. The zero-order valence-corrected chi connectivity index (χ0v) is 15.6. The summed E-state index contributed by atoms with van der Waals surface area (Å²) in [5.74, 6) is 1.76. The summed E-state index contributed by atoms with van der Waals surface area (Å²) in [5.41, 5.74) is 1.33. The predicted molar refractivity (Wildman–Crippen MR) is 105 cm³/mol. The van der Waals surface area contributed by atoms with Crippen molar-refractivity contribution in [1.29, 1.82) is 0 Å². The van der Waals surface area contributed by atoms with Gasteiger partial charge in [0.15, 0.2) is 0 Å². The van der Waals surface area contributed by atoms with Crippen LogP contribution < -0.4 is 5.32 Å². The van der Waals surface area contributed by atoms with E-state index in [0.717, 1.165) is 44.8 Å². The van der Waals surface area contributed by atoms with Gasteiger partial charge in [-0.25, -0.2) is 0 Å². The molecule has 3 nitrogen and oxygen atoms in total. The monoisotopic (exact) mass is 358 g/mol. The Labute approximate surface area is 156 Å². The Balaban J connectivity index is 0.00000182. The number of amides is 1. The van der Waals surface area contributed by atoms with Gasteiger partial charge in [-0.2, -0.15) is 0 Å². The molecule has 0 bridgehead atoms. The van der Waals surface area contributed by atoms with Crippen LogP contribution in [0.5, 0.6) is 0 Å². The van der Waals surface area contributed by atoms with E-state index < -0.39 is 0 Å². The van der Waals surface area contributed by atoms with Crippen LogP contribution in [0.2, 0.25) is 0 Å². The average Bonchev–Trinajstić information content (AvgIpc) is 3.42. The van der Waals surface area contributed by atoms with Crippen LogP contribution in [0, 0.1) is 11.8 Å². The Bertz CT molecular complexity index is 740. The molecule has 1 aliphatic heterocycles. The minimum Gasteiger partial charge on any atom is -0.342 e. The Morgan fingerprint density at radius 2 is 1.84 bits per heavy atom. The van der Waals surface area contributed by atoms with E-state index >= 15 is 0 Å². The molecular weight excluding hydrogens is 332 g/mol. The lowest BCUT2D eigenvalue weighted by Gasteiger charge is -2.32. The van der Waals surface area contributed by atoms with E-state index in [9.17, 15) is 4.79 Å². The molecule has 4 rings (SSSR count). The molecule has 1 amide bonds. The highest BCUT2D eigenvalue weighted by Gasteiger charge is 2.46. The van der Waals surface area contributed by atoms with Gasteiger partial charge in [-0.1, -0.05) is 42.5 Å². The summed E-state index contributed by atoms with van der Waals surface area (Å²) in [6, 6.07) is 15.1. The zero-order valence-electron chi connectivity index (χ0n) is 14.8. The van der Waals surface area contributed by atoms with Crippen molar-refractivity contribution in [3.8, 4) is 0 Å². The maximum absolute atomic E-state index is 12.8. The first-order chi connectivity index (χ1) is 11.8. The van der Waals surface area contributed by atoms with Crippen LogP contribution in [0.25, 0.3) is 10.8 Å². The lowest BCUT2D eigenvalue weighted by Crippen LogP contribution is -2.41. The van der Waals surface area contributed by atoms with Crippen molar-refractivity contribution in [3.05, 3.63) is 48.0 Å². The Hall–Kier alpha value is -1.58. The van der Waals surface area contributed by atoms with Gasteiger partial charge in [0.2, 0.25) is 5.91 Å². The van der Waals surface area contributed by atoms with E-state index in [4.69, 9.17) is 0 Å². The van der Waals surface area contributed by atoms with Crippen LogP contribution in [0.3, 0.4) is 0 Å². The van der Waals surface area contributed by atoms with Gasteiger partial charge in [0.1, 0.15) is 0 Å². The van der Waals surface area contributed by atoms with Crippen LogP contribution in [0.1, 0.15) is 30.7 Å². The number of piperidine rings is 1. The van der Waals surface area contributed by atoms with Gasteiger partial charge in [0.05, 0.1) is 0 Å². The summed E-state index contributed by atoms with van der Waals surface area (Å²) in [5, 5.41) is 5.81. The van der Waals surface area contributed by atoms with Gasteiger partial charge in [-0.15, -0.1) is 12.4 Å². The number of benzene rings is 2. The van der Waals surface area contributed by atoms with Gasteiger partial charge in [0.25, 0.3) is 0 Å². The number of carbonyl (C=O) groups is 1. The standard InChI is InChI=1S/C21H26N2O.ClH/c1-22-14-15-8-10-23(11-9-15)21(24)20-13-19(20)18-7-6-16-4-2-3-5-17(16)12-18;/h2-7,12,15,19-20,22H,8-11,13-14H2,1H3;1H. The van der Waals surface area contributed by atoms with Crippen molar-refractivity contribution in [2.75, 3.05) is 26.7 Å². The van der Waals surface area contributed by atoms with Gasteiger partial charge < -0.3 is 10.2 Å². The topological polar surface area (TPSA) is 32.3 Å². The molecule has 25 heavy (non-hydrogen) atoms. The van der Waals surface area contributed by atoms with Crippen molar-refractivity contribution >= 4 is 29.1 Å². The third kappa shape index (κ3) is 3.83. The molecule has 0 aromatic heterocycles. The minimum atomic E-state index is 0. The van der Waals surface area contributed by atoms with E-state index in [1.54, 1.807) is 0 Å². The summed E-state index contributed by atoms with van der Waals surface area (Å²) < 4.78 is 0. The van der Waals surface area contributed by atoms with Crippen LogP contribution >= 0.6 is 12.4 Å². The molecule has 1 N–H and O–H groups in total. The fourth-order valence-electron chi connectivity index (χ4n) is 4.16. The fraction of sp³-hybridized carbons (Fsp3) is 0.476. The number of carbonyl (C=O) groups excluding carboxylic acids is 1. The largest absolute Gasteiger partial charge is 0.342 e. The highest BCUT2D eigenvalue weighted by atomic mass is 35.5. The number of hydrogen-bond donors (Lipinski definition) is 1. The number of halogens is 1. The predicted octanol–water partition coefficient (Wildman–Crippen LogP) is 3.82. The molecular formula is C21H27ClN2O. The molecule has 1 saturated heterocycles. The molecule has 2 fully saturated rings. The van der Waals surface area contributed by atoms with E-state index in [1.807, 2.05) is 7.05 Å². The highest BCUT2D eigenvalue weighted by Crippen LogP contribution is 2.49. The third-order valence-corrected chi connectivity index (χ3v) is 5.73. The van der Waals surface area contributed by atoms with Gasteiger partial charge >= 0.3 is 0 Å². The van der Waals surface area contributed by atoms with Gasteiger partial charge in [0, 0.05) is 19.0 Å². The molecule has 2 aromatic carbocycles. The fourth-order valence-corrected chi connectivity index (χ4v) is 4.16. The highest BCUT2D eigenvalue weighted by molar-refractivity contribution is 5.86. The third-order valence-electron chi connectivity index (χ3n) is 5.73. The summed E-state index contributed by atoms with van der Waals surface area (Å²) in [4.78, 5) is 14.9. The van der Waals surface area contributed by atoms with Crippen molar-refractivity contribution in [3.63, 3.8) is 0 Å². The first kappa shape index (κ1) is 18.2. The average molecular weight is 359 g/mol. The molecule has 2 aliphatic rings. The first-order valence-corrected chi connectivity index (χ1v) is 9.18. The molecule has 0 radical (unpaired) electrons.